The highest BCUT2D eigenvalue weighted by Gasteiger charge is 2.33. The van der Waals surface area contributed by atoms with E-state index in [1.165, 1.54) is 11.3 Å². The summed E-state index contributed by atoms with van der Waals surface area (Å²) in [6, 6.07) is 12.2. The Morgan fingerprint density at radius 1 is 1.21 bits per heavy atom. The third-order valence-electron chi connectivity index (χ3n) is 5.49. The smallest absolute Gasteiger partial charge is 0.338 e. The van der Waals surface area contributed by atoms with Gasteiger partial charge in [-0.3, -0.25) is 9.36 Å². The molecule has 0 saturated carbocycles. The topological polar surface area (TPSA) is 63.9 Å². The zero-order valence-corrected chi connectivity index (χ0v) is 21.5. The number of hydrogen-bond donors (Lipinski definition) is 0. The SMILES string of the molecule is CCOC(=O)C1=C(C)N=c2s/c(=C\c3ccc(Cl)cc3Cl)c(=O)n2C1c1ccc(N(C)C)cc1. The molecule has 1 aliphatic rings. The van der Waals surface area contributed by atoms with Gasteiger partial charge < -0.3 is 9.64 Å². The average molecular weight is 516 g/mol. The van der Waals surface area contributed by atoms with Crippen LogP contribution in [0.2, 0.25) is 10.0 Å². The van der Waals surface area contributed by atoms with Crippen LogP contribution in [0.3, 0.4) is 0 Å². The quantitative estimate of drug-likeness (QED) is 0.478. The minimum atomic E-state index is -0.658. The summed E-state index contributed by atoms with van der Waals surface area (Å²) in [5.74, 6) is -0.486. The third kappa shape index (κ3) is 4.56. The molecular formula is C25H23Cl2N3O3S. The Morgan fingerprint density at radius 3 is 2.53 bits per heavy atom. The molecule has 0 bridgehead atoms. The number of ether oxygens (including phenoxy) is 1. The fourth-order valence-electron chi connectivity index (χ4n) is 3.82. The number of hydrogen-bond acceptors (Lipinski definition) is 6. The number of allylic oxidation sites excluding steroid dienone is 1. The number of esters is 1. The van der Waals surface area contributed by atoms with Crippen LogP contribution in [0, 0.1) is 0 Å². The van der Waals surface area contributed by atoms with Crippen LogP contribution in [0.1, 0.15) is 31.0 Å². The van der Waals surface area contributed by atoms with Gasteiger partial charge in [-0.05, 0) is 55.3 Å². The van der Waals surface area contributed by atoms with Crippen LogP contribution in [-0.2, 0) is 9.53 Å². The number of rotatable bonds is 5. The van der Waals surface area contributed by atoms with E-state index < -0.39 is 12.0 Å². The summed E-state index contributed by atoms with van der Waals surface area (Å²) in [6.07, 6.45) is 1.72. The minimum Gasteiger partial charge on any atom is -0.463 e. The molecule has 0 saturated heterocycles. The van der Waals surface area contributed by atoms with Gasteiger partial charge in [-0.15, -0.1) is 0 Å². The Hall–Kier alpha value is -2.87. The Kier molecular flexibility index (Phi) is 6.98. The number of aromatic nitrogens is 1. The Morgan fingerprint density at radius 2 is 1.91 bits per heavy atom. The van der Waals surface area contributed by atoms with Gasteiger partial charge in [-0.25, -0.2) is 9.79 Å². The molecule has 2 heterocycles. The lowest BCUT2D eigenvalue weighted by Crippen LogP contribution is -2.39. The molecule has 1 unspecified atom stereocenters. The van der Waals surface area contributed by atoms with E-state index in [4.69, 9.17) is 27.9 Å². The van der Waals surface area contributed by atoms with Crippen LogP contribution < -0.4 is 19.8 Å². The standard InChI is InChI=1S/C25H23Cl2N3O3S/c1-5-33-24(32)21-14(2)28-25-30(22(21)15-7-10-18(11-8-15)29(3)4)23(31)20(34-25)12-16-6-9-17(26)13-19(16)27/h6-13,22H,5H2,1-4H3/b20-12-. The number of carbonyl (C=O) groups excluding carboxylic acids is 1. The lowest BCUT2D eigenvalue weighted by Gasteiger charge is -2.25. The number of benzene rings is 2. The zero-order valence-electron chi connectivity index (χ0n) is 19.1. The van der Waals surface area contributed by atoms with Crippen molar-refractivity contribution >= 4 is 52.3 Å². The van der Waals surface area contributed by atoms with Crippen molar-refractivity contribution in [2.75, 3.05) is 25.6 Å². The van der Waals surface area contributed by atoms with E-state index in [0.717, 1.165) is 11.3 Å². The van der Waals surface area contributed by atoms with Gasteiger partial charge in [0.15, 0.2) is 4.80 Å². The first-order valence-corrected chi connectivity index (χ1v) is 12.2. The fourth-order valence-corrected chi connectivity index (χ4v) is 5.32. The van der Waals surface area contributed by atoms with E-state index in [1.54, 1.807) is 42.7 Å². The van der Waals surface area contributed by atoms with Crippen molar-refractivity contribution in [2.45, 2.75) is 19.9 Å². The molecule has 0 amide bonds. The summed E-state index contributed by atoms with van der Waals surface area (Å²) in [5, 5.41) is 0.956. The molecule has 6 nitrogen and oxygen atoms in total. The molecule has 1 aliphatic heterocycles. The zero-order chi connectivity index (χ0) is 24.6. The molecule has 1 atom stereocenters. The molecular weight excluding hydrogens is 493 g/mol. The summed E-state index contributed by atoms with van der Waals surface area (Å²) < 4.78 is 7.35. The van der Waals surface area contributed by atoms with Crippen molar-refractivity contribution in [3.05, 3.63) is 94.6 Å². The number of fused-ring (bicyclic) bond motifs is 1. The molecule has 2 aromatic carbocycles. The maximum Gasteiger partial charge on any atom is 0.338 e. The molecule has 0 N–H and O–H groups in total. The van der Waals surface area contributed by atoms with E-state index in [-0.39, 0.29) is 12.2 Å². The summed E-state index contributed by atoms with van der Waals surface area (Å²) in [6.45, 7) is 3.74. The summed E-state index contributed by atoms with van der Waals surface area (Å²) >= 11 is 13.6. The first-order valence-electron chi connectivity index (χ1n) is 10.6. The number of thiazole rings is 1. The molecule has 34 heavy (non-hydrogen) atoms. The van der Waals surface area contributed by atoms with Gasteiger partial charge in [-0.1, -0.05) is 52.7 Å². The molecule has 0 spiro atoms. The van der Waals surface area contributed by atoms with Gasteiger partial charge in [0.1, 0.15) is 0 Å². The lowest BCUT2D eigenvalue weighted by atomic mass is 9.95. The first-order chi connectivity index (χ1) is 16.2. The van der Waals surface area contributed by atoms with Crippen molar-refractivity contribution in [2.24, 2.45) is 4.99 Å². The van der Waals surface area contributed by atoms with Crippen LogP contribution in [0.25, 0.3) is 6.08 Å². The van der Waals surface area contributed by atoms with Crippen LogP contribution in [0.4, 0.5) is 5.69 Å². The van der Waals surface area contributed by atoms with Gasteiger partial charge in [0.25, 0.3) is 5.56 Å². The number of carbonyl (C=O) groups is 1. The number of anilines is 1. The molecule has 1 aromatic heterocycles. The van der Waals surface area contributed by atoms with E-state index in [9.17, 15) is 9.59 Å². The molecule has 3 aromatic rings. The monoisotopic (exact) mass is 515 g/mol. The van der Waals surface area contributed by atoms with Gasteiger partial charge in [0.2, 0.25) is 0 Å². The van der Waals surface area contributed by atoms with Gasteiger partial charge >= 0.3 is 5.97 Å². The fraction of sp³-hybridized carbons (Fsp3) is 0.240. The normalized spacial score (nSPS) is 15.7. The molecule has 0 radical (unpaired) electrons. The molecule has 0 fully saturated rings. The number of halogens is 2. The third-order valence-corrected chi connectivity index (χ3v) is 7.04. The van der Waals surface area contributed by atoms with Crippen LogP contribution in [0.15, 0.2) is 63.5 Å². The maximum absolute atomic E-state index is 13.6. The second-order valence-electron chi connectivity index (χ2n) is 7.95. The average Bonchev–Trinajstić information content (AvgIpc) is 3.09. The van der Waals surface area contributed by atoms with E-state index >= 15 is 0 Å². The Balaban J connectivity index is 1.94. The van der Waals surface area contributed by atoms with E-state index in [0.29, 0.717) is 36.2 Å². The van der Waals surface area contributed by atoms with Crippen LogP contribution in [0.5, 0.6) is 0 Å². The predicted octanol–water partition coefficient (Wildman–Crippen LogP) is 4.17. The van der Waals surface area contributed by atoms with E-state index in [1.807, 2.05) is 43.3 Å². The van der Waals surface area contributed by atoms with Crippen molar-refractivity contribution in [1.29, 1.82) is 0 Å². The van der Waals surface area contributed by atoms with Crippen LogP contribution >= 0.6 is 34.5 Å². The molecule has 0 aliphatic carbocycles. The molecule has 4 rings (SSSR count). The second kappa shape index (κ2) is 9.78. The highest BCUT2D eigenvalue weighted by Crippen LogP contribution is 2.31. The van der Waals surface area contributed by atoms with Crippen molar-refractivity contribution in [1.82, 2.24) is 4.57 Å². The minimum absolute atomic E-state index is 0.224. The summed E-state index contributed by atoms with van der Waals surface area (Å²) in [5.41, 5.74) is 3.09. The Labute approximate surface area is 211 Å². The summed E-state index contributed by atoms with van der Waals surface area (Å²) in [7, 11) is 3.90. The van der Waals surface area contributed by atoms with Crippen molar-refractivity contribution in [3.63, 3.8) is 0 Å². The lowest BCUT2D eigenvalue weighted by molar-refractivity contribution is -0.139. The van der Waals surface area contributed by atoms with Crippen molar-refractivity contribution in [3.8, 4) is 0 Å². The highest BCUT2D eigenvalue weighted by atomic mass is 35.5. The Bertz CT molecular complexity index is 1470. The van der Waals surface area contributed by atoms with Gasteiger partial charge in [-0.2, -0.15) is 0 Å². The van der Waals surface area contributed by atoms with Gasteiger partial charge in [0.05, 0.1) is 28.5 Å². The first kappa shape index (κ1) is 24.3. The highest BCUT2D eigenvalue weighted by molar-refractivity contribution is 7.07. The molecule has 176 valence electrons. The van der Waals surface area contributed by atoms with Crippen LogP contribution in [-0.4, -0.2) is 31.2 Å². The molecule has 9 heteroatoms. The summed E-state index contributed by atoms with van der Waals surface area (Å²) in [4.78, 5) is 33.7. The second-order valence-corrected chi connectivity index (χ2v) is 9.81. The predicted molar refractivity (Wildman–Crippen MR) is 138 cm³/mol. The number of nitrogens with zero attached hydrogens (tertiary/aromatic N) is 3. The van der Waals surface area contributed by atoms with Crippen molar-refractivity contribution < 1.29 is 9.53 Å². The largest absolute Gasteiger partial charge is 0.463 e. The maximum atomic E-state index is 13.6. The van der Waals surface area contributed by atoms with Gasteiger partial charge in [0, 0.05) is 29.8 Å². The van der Waals surface area contributed by atoms with E-state index in [2.05, 4.69) is 4.99 Å².